The highest BCUT2D eigenvalue weighted by Gasteiger charge is 2.21. The molecule has 1 rings (SSSR count). The third-order valence-corrected chi connectivity index (χ3v) is 0.974. The molecule has 0 aromatic heterocycles. The second-order valence-corrected chi connectivity index (χ2v) is 1.71. The molecule has 1 saturated heterocycles. The lowest BCUT2D eigenvalue weighted by molar-refractivity contribution is -0.118. The fourth-order valence-electron chi connectivity index (χ4n) is 0.541. The van der Waals surface area contributed by atoms with Crippen molar-refractivity contribution in [3.8, 4) is 0 Å². The van der Waals surface area contributed by atoms with Crippen molar-refractivity contribution in [3.05, 3.63) is 0 Å². The molecule has 0 spiro atoms. The molecule has 1 aliphatic heterocycles. The summed E-state index contributed by atoms with van der Waals surface area (Å²) in [5, 5.41) is 2.11. The van der Waals surface area contributed by atoms with Crippen LogP contribution < -0.4 is 5.32 Å². The van der Waals surface area contributed by atoms with Crippen LogP contribution in [0.4, 0.5) is 4.79 Å². The SMILES string of the molecule is CN1CC(=O)NC1=O.[HH]. The molecule has 0 aromatic carbocycles. The zero-order chi connectivity index (χ0) is 6.15. The third-order valence-electron chi connectivity index (χ3n) is 0.974. The van der Waals surface area contributed by atoms with Crippen molar-refractivity contribution in [1.82, 2.24) is 10.2 Å². The van der Waals surface area contributed by atoms with Crippen molar-refractivity contribution in [2.75, 3.05) is 13.6 Å². The number of hydrogen-bond acceptors (Lipinski definition) is 2. The molecular weight excluding hydrogens is 108 g/mol. The van der Waals surface area contributed by atoms with Crippen LogP contribution in [0.1, 0.15) is 1.43 Å². The molecule has 46 valence electrons. The molecule has 0 radical (unpaired) electrons. The van der Waals surface area contributed by atoms with Crippen LogP contribution in [0.2, 0.25) is 0 Å². The summed E-state index contributed by atoms with van der Waals surface area (Å²) in [5.74, 6) is -0.225. The average Bonchev–Trinajstić information content (AvgIpc) is 1.85. The summed E-state index contributed by atoms with van der Waals surface area (Å²) in [6.45, 7) is 0.193. The Kier molecular flexibility index (Phi) is 0.932. The Morgan fingerprint density at radius 1 is 1.75 bits per heavy atom. The molecule has 0 atom stereocenters. The molecule has 0 aliphatic carbocycles. The Morgan fingerprint density at radius 2 is 2.38 bits per heavy atom. The number of imide groups is 1. The van der Waals surface area contributed by atoms with E-state index in [1.54, 1.807) is 7.05 Å². The van der Waals surface area contributed by atoms with Gasteiger partial charge in [0.05, 0.1) is 0 Å². The highest BCUT2D eigenvalue weighted by atomic mass is 16.2. The van der Waals surface area contributed by atoms with Gasteiger partial charge in [0, 0.05) is 8.47 Å². The molecule has 8 heavy (non-hydrogen) atoms. The smallest absolute Gasteiger partial charge is 0.318 e. The minimum Gasteiger partial charge on any atom is -0.318 e. The van der Waals surface area contributed by atoms with Crippen LogP contribution in [0.5, 0.6) is 0 Å². The second-order valence-electron chi connectivity index (χ2n) is 1.71. The van der Waals surface area contributed by atoms with Crippen LogP contribution in [0.3, 0.4) is 0 Å². The predicted molar refractivity (Wildman–Crippen MR) is 28.3 cm³/mol. The van der Waals surface area contributed by atoms with E-state index in [1.807, 2.05) is 0 Å². The number of rotatable bonds is 0. The standard InChI is InChI=1S/C4H6N2O2.H2/c1-6-2-3(7)5-4(6)8;/h2H2,1H3,(H,5,7,8);1H. The van der Waals surface area contributed by atoms with E-state index in [4.69, 9.17) is 0 Å². The fraction of sp³-hybridized carbons (Fsp3) is 0.500. The van der Waals surface area contributed by atoms with Gasteiger partial charge >= 0.3 is 6.03 Å². The van der Waals surface area contributed by atoms with Crippen LogP contribution in [0.25, 0.3) is 0 Å². The van der Waals surface area contributed by atoms with Gasteiger partial charge in [0.25, 0.3) is 0 Å². The van der Waals surface area contributed by atoms with Crippen molar-refractivity contribution in [2.24, 2.45) is 0 Å². The number of nitrogens with zero attached hydrogens (tertiary/aromatic N) is 1. The number of carbonyl (C=O) groups is 2. The number of amides is 3. The summed E-state index contributed by atoms with van der Waals surface area (Å²) in [6, 6.07) is -0.310. The fourth-order valence-corrected chi connectivity index (χ4v) is 0.541. The largest absolute Gasteiger partial charge is 0.324 e. The molecule has 1 heterocycles. The predicted octanol–water partition coefficient (Wildman–Crippen LogP) is -0.586. The van der Waals surface area contributed by atoms with E-state index in [9.17, 15) is 9.59 Å². The van der Waals surface area contributed by atoms with Crippen molar-refractivity contribution < 1.29 is 11.0 Å². The van der Waals surface area contributed by atoms with Crippen molar-refractivity contribution in [2.45, 2.75) is 0 Å². The summed E-state index contributed by atoms with van der Waals surface area (Å²) in [7, 11) is 1.57. The number of likely N-dealkylation sites (N-methyl/N-ethyl adjacent to an activating group) is 1. The van der Waals surface area contributed by atoms with Crippen LogP contribution in [0.15, 0.2) is 0 Å². The molecule has 4 heteroatoms. The molecule has 4 nitrogen and oxygen atoms in total. The first kappa shape index (κ1) is 5.08. The molecule has 1 N–H and O–H groups in total. The highest BCUT2D eigenvalue weighted by Crippen LogP contribution is 1.90. The van der Waals surface area contributed by atoms with Gasteiger partial charge < -0.3 is 4.90 Å². The average molecular weight is 116 g/mol. The van der Waals surface area contributed by atoms with Gasteiger partial charge in [-0.05, 0) is 0 Å². The molecular formula is C4H8N2O2. The molecule has 1 fully saturated rings. The first-order chi connectivity index (χ1) is 3.70. The van der Waals surface area contributed by atoms with E-state index in [0.717, 1.165) is 0 Å². The molecule has 3 amide bonds. The van der Waals surface area contributed by atoms with Gasteiger partial charge in [-0.3, -0.25) is 10.1 Å². The lowest BCUT2D eigenvalue weighted by atomic mass is 10.6. The maximum atomic E-state index is 10.4. The quantitative estimate of drug-likeness (QED) is 0.430. The zero-order valence-electron chi connectivity index (χ0n) is 4.47. The summed E-state index contributed by atoms with van der Waals surface area (Å²) in [4.78, 5) is 22.0. The summed E-state index contributed by atoms with van der Waals surface area (Å²) < 4.78 is 0. The van der Waals surface area contributed by atoms with Gasteiger partial charge in [0.1, 0.15) is 6.54 Å². The van der Waals surface area contributed by atoms with E-state index in [1.165, 1.54) is 4.90 Å². The van der Waals surface area contributed by atoms with Crippen molar-refractivity contribution in [1.29, 1.82) is 0 Å². The third kappa shape index (κ3) is 0.641. The van der Waals surface area contributed by atoms with Crippen LogP contribution in [-0.4, -0.2) is 30.4 Å². The minimum atomic E-state index is -0.310. The first-order valence-corrected chi connectivity index (χ1v) is 2.25. The summed E-state index contributed by atoms with van der Waals surface area (Å²) in [6.07, 6.45) is 0. The van der Waals surface area contributed by atoms with Crippen LogP contribution in [-0.2, 0) is 4.79 Å². The topological polar surface area (TPSA) is 49.4 Å². The van der Waals surface area contributed by atoms with Crippen LogP contribution >= 0.6 is 0 Å². The molecule has 0 saturated carbocycles. The van der Waals surface area contributed by atoms with E-state index >= 15 is 0 Å². The van der Waals surface area contributed by atoms with Gasteiger partial charge in [0.15, 0.2) is 0 Å². The van der Waals surface area contributed by atoms with Gasteiger partial charge in [-0.25, -0.2) is 4.79 Å². The minimum absolute atomic E-state index is 0. The van der Waals surface area contributed by atoms with E-state index in [0.29, 0.717) is 0 Å². The molecule has 0 unspecified atom stereocenters. The molecule has 1 aliphatic rings. The maximum absolute atomic E-state index is 10.4. The Bertz CT molecular complexity index is 148. The number of nitrogens with one attached hydrogen (secondary N) is 1. The van der Waals surface area contributed by atoms with E-state index in [2.05, 4.69) is 5.32 Å². The monoisotopic (exact) mass is 116 g/mol. The number of carbonyl (C=O) groups excluding carboxylic acids is 2. The van der Waals surface area contributed by atoms with Crippen molar-refractivity contribution >= 4 is 11.9 Å². The Balaban J connectivity index is 0.000000640. The Labute approximate surface area is 47.9 Å². The van der Waals surface area contributed by atoms with Crippen LogP contribution in [0, 0.1) is 0 Å². The lowest BCUT2D eigenvalue weighted by Gasteiger charge is -1.99. The summed E-state index contributed by atoms with van der Waals surface area (Å²) in [5.41, 5.74) is 0. The van der Waals surface area contributed by atoms with Gasteiger partial charge in [-0.15, -0.1) is 0 Å². The Morgan fingerprint density at radius 3 is 2.50 bits per heavy atom. The first-order valence-electron chi connectivity index (χ1n) is 2.25. The highest BCUT2D eigenvalue weighted by molar-refractivity contribution is 6.01. The van der Waals surface area contributed by atoms with Crippen molar-refractivity contribution in [3.63, 3.8) is 0 Å². The summed E-state index contributed by atoms with van der Waals surface area (Å²) >= 11 is 0. The second kappa shape index (κ2) is 1.47. The molecule has 0 bridgehead atoms. The van der Waals surface area contributed by atoms with Gasteiger partial charge in [0.2, 0.25) is 5.91 Å². The maximum Gasteiger partial charge on any atom is 0.324 e. The molecule has 0 aromatic rings. The van der Waals surface area contributed by atoms with E-state index < -0.39 is 0 Å². The lowest BCUT2D eigenvalue weighted by Crippen LogP contribution is -2.24. The number of urea groups is 1. The van der Waals surface area contributed by atoms with E-state index in [-0.39, 0.29) is 19.9 Å². The van der Waals surface area contributed by atoms with Gasteiger partial charge in [-0.2, -0.15) is 0 Å². The zero-order valence-corrected chi connectivity index (χ0v) is 4.47. The Hall–Kier alpha value is -1.06. The normalized spacial score (nSPS) is 19.4. The van der Waals surface area contributed by atoms with Gasteiger partial charge in [-0.1, -0.05) is 0 Å². The number of hydrogen-bond donors (Lipinski definition) is 1.